The van der Waals surface area contributed by atoms with Crippen molar-refractivity contribution >= 4 is 45.6 Å². The Kier molecular flexibility index (Phi) is 6.31. The minimum absolute atomic E-state index is 0.167. The number of thioether (sulfide) groups is 1. The van der Waals surface area contributed by atoms with Crippen LogP contribution in [0.2, 0.25) is 5.02 Å². The third-order valence-electron chi connectivity index (χ3n) is 2.46. The number of nitrogens with zero attached hydrogens (tertiary/aromatic N) is 3. The van der Waals surface area contributed by atoms with Gasteiger partial charge in [-0.3, -0.25) is 20.2 Å². The average Bonchev–Trinajstić information content (AvgIpc) is 2.37. The average molecular weight is 350 g/mol. The SMILES string of the molecule is CN(C)C(=S)SC(C[N+](=O)[O-])c1cc([N+](=O)[O-])ccc1Cl. The molecule has 0 aliphatic heterocycles. The standard InChI is InChI=1S/C11H12ClN3O4S2/c1-13(2)11(20)21-10(6-14(16)17)8-5-7(15(18)19)3-4-9(8)12/h3-5,10H,6H2,1-2H3. The lowest BCUT2D eigenvalue weighted by Crippen LogP contribution is -2.20. The summed E-state index contributed by atoms with van der Waals surface area (Å²) in [6, 6.07) is 3.87. The molecule has 0 aliphatic rings. The molecule has 0 radical (unpaired) electrons. The fraction of sp³-hybridized carbons (Fsp3) is 0.364. The van der Waals surface area contributed by atoms with Gasteiger partial charge in [0.05, 0.1) is 4.92 Å². The third-order valence-corrected chi connectivity index (χ3v) is 4.71. The lowest BCUT2D eigenvalue weighted by Gasteiger charge is -2.18. The Bertz CT molecular complexity index is 583. The number of halogens is 1. The lowest BCUT2D eigenvalue weighted by atomic mass is 10.1. The van der Waals surface area contributed by atoms with Gasteiger partial charge in [0.2, 0.25) is 6.54 Å². The Morgan fingerprint density at radius 2 is 2.05 bits per heavy atom. The van der Waals surface area contributed by atoms with Crippen molar-refractivity contribution in [3.05, 3.63) is 49.0 Å². The molecule has 0 saturated carbocycles. The maximum atomic E-state index is 10.8. The highest BCUT2D eigenvalue weighted by Crippen LogP contribution is 2.37. The van der Waals surface area contributed by atoms with Gasteiger partial charge in [-0.05, 0) is 11.6 Å². The van der Waals surface area contributed by atoms with Gasteiger partial charge in [0.15, 0.2) is 0 Å². The summed E-state index contributed by atoms with van der Waals surface area (Å²) in [5, 5.41) is 21.2. The zero-order chi connectivity index (χ0) is 16.2. The first-order valence-electron chi connectivity index (χ1n) is 5.66. The van der Waals surface area contributed by atoms with E-state index in [2.05, 4.69) is 0 Å². The van der Waals surface area contributed by atoms with Crippen LogP contribution in [0.25, 0.3) is 0 Å². The highest BCUT2D eigenvalue weighted by Gasteiger charge is 2.25. The molecule has 1 aromatic carbocycles. The molecule has 1 aromatic rings. The lowest BCUT2D eigenvalue weighted by molar-refractivity contribution is -0.479. The Balaban J connectivity index is 3.18. The number of rotatable bonds is 5. The summed E-state index contributed by atoms with van der Waals surface area (Å²) in [5.41, 5.74) is 0.163. The molecule has 0 aliphatic carbocycles. The monoisotopic (exact) mass is 349 g/mol. The van der Waals surface area contributed by atoms with Crippen molar-refractivity contribution in [2.45, 2.75) is 5.25 Å². The maximum absolute atomic E-state index is 10.8. The van der Waals surface area contributed by atoms with Crippen molar-refractivity contribution in [2.75, 3.05) is 20.6 Å². The summed E-state index contributed by atoms with van der Waals surface area (Å²) in [7, 11) is 3.43. The first kappa shape index (κ1) is 17.6. The number of nitro groups is 2. The third kappa shape index (κ3) is 5.10. The molecule has 0 aromatic heterocycles. The van der Waals surface area contributed by atoms with Gasteiger partial charge in [0.25, 0.3) is 5.69 Å². The summed E-state index contributed by atoms with van der Waals surface area (Å²) < 4.78 is 0.435. The molecule has 10 heteroatoms. The van der Waals surface area contributed by atoms with Crippen LogP contribution in [-0.2, 0) is 0 Å². The van der Waals surface area contributed by atoms with E-state index in [4.69, 9.17) is 23.8 Å². The van der Waals surface area contributed by atoms with Gasteiger partial charge in [0, 0.05) is 36.2 Å². The number of hydrogen-bond donors (Lipinski definition) is 0. The molecule has 7 nitrogen and oxygen atoms in total. The molecule has 0 amide bonds. The molecule has 1 rings (SSSR count). The van der Waals surface area contributed by atoms with Crippen LogP contribution in [0.4, 0.5) is 5.69 Å². The smallest absolute Gasteiger partial charge is 0.269 e. The van der Waals surface area contributed by atoms with Gasteiger partial charge in [-0.1, -0.05) is 35.6 Å². The number of non-ortho nitro benzene ring substituents is 1. The Labute approximate surface area is 135 Å². The van der Waals surface area contributed by atoms with Crippen LogP contribution in [0.1, 0.15) is 10.8 Å². The quantitative estimate of drug-likeness (QED) is 0.458. The highest BCUT2D eigenvalue weighted by molar-refractivity contribution is 8.23. The van der Waals surface area contributed by atoms with E-state index in [0.717, 1.165) is 11.8 Å². The first-order valence-corrected chi connectivity index (χ1v) is 7.32. The molecule has 0 spiro atoms. The van der Waals surface area contributed by atoms with E-state index in [-0.39, 0.29) is 10.7 Å². The zero-order valence-electron chi connectivity index (χ0n) is 11.2. The minimum Gasteiger partial charge on any atom is -0.364 e. The van der Waals surface area contributed by atoms with Crippen LogP contribution in [0.15, 0.2) is 18.2 Å². The number of thiocarbonyl (C=S) groups is 1. The van der Waals surface area contributed by atoms with E-state index in [9.17, 15) is 20.2 Å². The molecule has 1 atom stereocenters. The van der Waals surface area contributed by atoms with Crippen LogP contribution in [-0.4, -0.2) is 39.7 Å². The molecule has 0 saturated heterocycles. The number of benzene rings is 1. The second kappa shape index (κ2) is 7.53. The van der Waals surface area contributed by atoms with E-state index >= 15 is 0 Å². The van der Waals surface area contributed by atoms with Crippen molar-refractivity contribution in [3.8, 4) is 0 Å². The van der Waals surface area contributed by atoms with Crippen molar-refractivity contribution < 1.29 is 9.85 Å². The topological polar surface area (TPSA) is 89.5 Å². The number of nitro benzene ring substituents is 1. The summed E-state index contributed by atoms with van der Waals surface area (Å²) >= 11 is 12.2. The van der Waals surface area contributed by atoms with Gasteiger partial charge in [-0.2, -0.15) is 0 Å². The first-order chi connectivity index (χ1) is 9.72. The Morgan fingerprint density at radius 1 is 1.43 bits per heavy atom. The fourth-order valence-corrected chi connectivity index (χ4v) is 3.09. The largest absolute Gasteiger partial charge is 0.364 e. The fourth-order valence-electron chi connectivity index (χ4n) is 1.45. The molecule has 1 unspecified atom stereocenters. The van der Waals surface area contributed by atoms with Crippen molar-refractivity contribution in [1.82, 2.24) is 4.90 Å². The van der Waals surface area contributed by atoms with Gasteiger partial charge < -0.3 is 4.90 Å². The van der Waals surface area contributed by atoms with E-state index in [1.165, 1.54) is 18.2 Å². The summed E-state index contributed by atoms with van der Waals surface area (Å²) in [6.45, 7) is -0.431. The second-order valence-electron chi connectivity index (χ2n) is 4.25. The molecular weight excluding hydrogens is 338 g/mol. The molecule has 0 heterocycles. The Morgan fingerprint density at radius 3 is 2.52 bits per heavy atom. The van der Waals surface area contributed by atoms with Gasteiger partial charge >= 0.3 is 0 Å². The van der Waals surface area contributed by atoms with Crippen LogP contribution in [0.3, 0.4) is 0 Å². The highest BCUT2D eigenvalue weighted by atomic mass is 35.5. The molecule has 0 fully saturated rings. The summed E-state index contributed by atoms with van der Waals surface area (Å²) in [4.78, 5) is 22.2. The van der Waals surface area contributed by atoms with E-state index < -0.39 is 21.6 Å². The number of hydrogen-bond acceptors (Lipinski definition) is 6. The van der Waals surface area contributed by atoms with Crippen LogP contribution in [0, 0.1) is 20.2 Å². The summed E-state index contributed by atoms with van der Waals surface area (Å²) in [5.74, 6) is 0. The summed E-state index contributed by atoms with van der Waals surface area (Å²) in [6.07, 6.45) is 0. The van der Waals surface area contributed by atoms with Crippen molar-refractivity contribution in [1.29, 1.82) is 0 Å². The normalized spacial score (nSPS) is 11.8. The van der Waals surface area contributed by atoms with Crippen LogP contribution < -0.4 is 0 Å². The zero-order valence-corrected chi connectivity index (χ0v) is 13.6. The predicted octanol–water partition coefficient (Wildman–Crippen LogP) is 3.15. The second-order valence-corrected chi connectivity index (χ2v) is 6.49. The molecule has 0 N–H and O–H groups in total. The van der Waals surface area contributed by atoms with E-state index in [0.29, 0.717) is 9.88 Å². The predicted molar refractivity (Wildman–Crippen MR) is 86.6 cm³/mol. The van der Waals surface area contributed by atoms with Crippen LogP contribution >= 0.6 is 35.6 Å². The van der Waals surface area contributed by atoms with Crippen molar-refractivity contribution in [2.24, 2.45) is 0 Å². The molecular formula is C11H12ClN3O4S2. The minimum atomic E-state index is -0.692. The van der Waals surface area contributed by atoms with E-state index in [1.54, 1.807) is 19.0 Å². The van der Waals surface area contributed by atoms with Gasteiger partial charge in [-0.15, -0.1) is 0 Å². The molecule has 0 bridgehead atoms. The maximum Gasteiger partial charge on any atom is 0.269 e. The van der Waals surface area contributed by atoms with Crippen molar-refractivity contribution in [3.63, 3.8) is 0 Å². The molecule has 114 valence electrons. The Hall–Kier alpha value is -1.45. The van der Waals surface area contributed by atoms with Gasteiger partial charge in [-0.25, -0.2) is 0 Å². The van der Waals surface area contributed by atoms with Gasteiger partial charge in [0.1, 0.15) is 9.57 Å². The molecule has 21 heavy (non-hydrogen) atoms. The van der Waals surface area contributed by atoms with E-state index in [1.807, 2.05) is 0 Å². The van der Waals surface area contributed by atoms with Crippen LogP contribution in [0.5, 0.6) is 0 Å².